The number of carbonyl (C=O) groups is 2. The van der Waals surface area contributed by atoms with Crippen LogP contribution < -0.4 is 14.8 Å². The van der Waals surface area contributed by atoms with E-state index in [1.54, 1.807) is 0 Å². The van der Waals surface area contributed by atoms with Gasteiger partial charge in [0.15, 0.2) is 11.5 Å². The van der Waals surface area contributed by atoms with Crippen molar-refractivity contribution < 1.29 is 19.1 Å². The number of ether oxygens (including phenoxy) is 2. The second-order valence-electron chi connectivity index (χ2n) is 7.19. The molecule has 0 unspecified atom stereocenters. The number of rotatable bonds is 5. The predicted octanol–water partition coefficient (Wildman–Crippen LogP) is 3.38. The number of halogens is 1. The first-order valence-electron chi connectivity index (χ1n) is 9.80. The van der Waals surface area contributed by atoms with E-state index in [0.717, 1.165) is 10.4 Å². The van der Waals surface area contributed by atoms with Crippen molar-refractivity contribution in [2.24, 2.45) is 5.92 Å². The number of carbonyl (C=O) groups excluding carboxylic acids is 2. The van der Waals surface area contributed by atoms with Gasteiger partial charge in [0, 0.05) is 25.6 Å². The van der Waals surface area contributed by atoms with Crippen LogP contribution in [0.2, 0.25) is 5.02 Å². The smallest absolute Gasteiger partial charge is 0.263 e. The maximum absolute atomic E-state index is 12.5. The molecular formula is C21H23ClN2O4S. The van der Waals surface area contributed by atoms with E-state index in [-0.39, 0.29) is 17.7 Å². The van der Waals surface area contributed by atoms with Gasteiger partial charge in [-0.1, -0.05) is 17.7 Å². The van der Waals surface area contributed by atoms with Gasteiger partial charge in [-0.25, -0.2) is 0 Å². The Morgan fingerprint density at radius 2 is 2.00 bits per heavy atom. The molecule has 0 radical (unpaired) electrons. The number of hydrogen-bond acceptors (Lipinski definition) is 5. The van der Waals surface area contributed by atoms with Gasteiger partial charge in [-0.15, -0.1) is 11.3 Å². The number of likely N-dealkylation sites (tertiary alicyclic amines) is 1. The Kier molecular flexibility index (Phi) is 6.25. The zero-order valence-electron chi connectivity index (χ0n) is 16.0. The Bertz CT molecular complexity index is 879. The Hall–Kier alpha value is -2.25. The van der Waals surface area contributed by atoms with Crippen LogP contribution in [0.1, 0.15) is 28.1 Å². The average Bonchev–Trinajstić information content (AvgIpc) is 3.28. The van der Waals surface area contributed by atoms with Crippen molar-refractivity contribution in [3.63, 3.8) is 0 Å². The highest BCUT2D eigenvalue weighted by Crippen LogP contribution is 2.38. The number of fused-ring (bicyclic) bond motifs is 1. The molecule has 1 aromatic heterocycles. The standard InChI is InChI=1S/C21H23ClN2O4S/c22-16-12-14(13-17-19(16)28-10-9-27-17)3-6-23-20(25)15-4-7-24(8-5-15)21(26)18-2-1-11-29-18/h1-2,11-13,15H,3-10H2,(H,23,25). The van der Waals surface area contributed by atoms with Crippen LogP contribution in [0.3, 0.4) is 0 Å². The number of piperidine rings is 1. The molecule has 3 heterocycles. The largest absolute Gasteiger partial charge is 0.486 e. The Labute approximate surface area is 178 Å². The summed E-state index contributed by atoms with van der Waals surface area (Å²) < 4.78 is 11.1. The van der Waals surface area contributed by atoms with E-state index < -0.39 is 0 Å². The van der Waals surface area contributed by atoms with Gasteiger partial charge in [-0.2, -0.15) is 0 Å². The van der Waals surface area contributed by atoms with Gasteiger partial charge in [0.1, 0.15) is 13.2 Å². The second kappa shape index (κ2) is 9.05. The van der Waals surface area contributed by atoms with E-state index in [1.165, 1.54) is 11.3 Å². The van der Waals surface area contributed by atoms with Crippen LogP contribution >= 0.6 is 22.9 Å². The van der Waals surface area contributed by atoms with Gasteiger partial charge in [-0.3, -0.25) is 9.59 Å². The van der Waals surface area contributed by atoms with Crippen LogP contribution in [0, 0.1) is 5.92 Å². The average molecular weight is 435 g/mol. The lowest BCUT2D eigenvalue weighted by atomic mass is 9.95. The Morgan fingerprint density at radius 3 is 2.76 bits per heavy atom. The summed E-state index contributed by atoms with van der Waals surface area (Å²) in [6.45, 7) is 2.78. The van der Waals surface area contributed by atoms with Gasteiger partial charge in [0.25, 0.3) is 5.91 Å². The molecule has 2 aliphatic heterocycles. The SMILES string of the molecule is O=C(NCCc1cc(Cl)c2c(c1)OCCO2)C1CCN(C(=O)c2cccs2)CC1. The molecule has 0 saturated carbocycles. The minimum atomic E-state index is -0.0498. The van der Waals surface area contributed by atoms with Crippen LogP contribution in [0.4, 0.5) is 0 Å². The van der Waals surface area contributed by atoms with Crippen molar-refractivity contribution in [1.29, 1.82) is 0 Å². The summed E-state index contributed by atoms with van der Waals surface area (Å²) in [6.07, 6.45) is 2.05. The van der Waals surface area contributed by atoms with E-state index in [4.69, 9.17) is 21.1 Å². The van der Waals surface area contributed by atoms with Crippen molar-refractivity contribution in [3.05, 3.63) is 45.1 Å². The zero-order chi connectivity index (χ0) is 20.2. The first kappa shape index (κ1) is 20.0. The van der Waals surface area contributed by atoms with Crippen molar-refractivity contribution >= 4 is 34.8 Å². The van der Waals surface area contributed by atoms with Gasteiger partial charge in [0.05, 0.1) is 9.90 Å². The fraction of sp³-hybridized carbons (Fsp3) is 0.429. The van der Waals surface area contributed by atoms with Crippen molar-refractivity contribution in [2.75, 3.05) is 32.8 Å². The number of amides is 2. The number of hydrogen-bond donors (Lipinski definition) is 1. The van der Waals surface area contributed by atoms with Gasteiger partial charge in [-0.05, 0) is 48.4 Å². The number of benzene rings is 1. The van der Waals surface area contributed by atoms with E-state index in [0.29, 0.717) is 68.6 Å². The lowest BCUT2D eigenvalue weighted by molar-refractivity contribution is -0.126. The molecule has 2 aliphatic rings. The summed E-state index contributed by atoms with van der Waals surface area (Å²) >= 11 is 7.72. The highest BCUT2D eigenvalue weighted by atomic mass is 35.5. The molecule has 0 bridgehead atoms. The Balaban J connectivity index is 1.24. The van der Waals surface area contributed by atoms with Crippen LogP contribution in [0.25, 0.3) is 0 Å². The van der Waals surface area contributed by atoms with E-state index in [2.05, 4.69) is 5.32 Å². The fourth-order valence-corrected chi connectivity index (χ4v) is 4.66. The molecular weight excluding hydrogens is 412 g/mol. The summed E-state index contributed by atoms with van der Waals surface area (Å²) in [5.41, 5.74) is 0.996. The van der Waals surface area contributed by atoms with Crippen molar-refractivity contribution in [2.45, 2.75) is 19.3 Å². The predicted molar refractivity (Wildman–Crippen MR) is 112 cm³/mol. The fourth-order valence-electron chi connectivity index (χ4n) is 3.68. The molecule has 2 amide bonds. The molecule has 4 rings (SSSR count). The summed E-state index contributed by atoms with van der Waals surface area (Å²) in [6, 6.07) is 7.50. The van der Waals surface area contributed by atoms with Crippen LogP contribution in [-0.2, 0) is 11.2 Å². The summed E-state index contributed by atoms with van der Waals surface area (Å²) in [4.78, 5) is 27.5. The van der Waals surface area contributed by atoms with Crippen molar-refractivity contribution in [3.8, 4) is 11.5 Å². The zero-order valence-corrected chi connectivity index (χ0v) is 17.6. The molecule has 0 aliphatic carbocycles. The van der Waals surface area contributed by atoms with E-state index in [1.807, 2.05) is 34.5 Å². The molecule has 8 heteroatoms. The lowest BCUT2D eigenvalue weighted by Crippen LogP contribution is -2.43. The van der Waals surface area contributed by atoms with E-state index >= 15 is 0 Å². The quantitative estimate of drug-likeness (QED) is 0.783. The van der Waals surface area contributed by atoms with E-state index in [9.17, 15) is 9.59 Å². The number of nitrogens with one attached hydrogen (secondary N) is 1. The molecule has 1 fully saturated rings. The minimum absolute atomic E-state index is 0.0498. The van der Waals surface area contributed by atoms with Gasteiger partial charge in [0.2, 0.25) is 5.91 Å². The first-order chi connectivity index (χ1) is 14.1. The number of nitrogens with zero attached hydrogens (tertiary/aromatic N) is 1. The van der Waals surface area contributed by atoms with Crippen molar-refractivity contribution in [1.82, 2.24) is 10.2 Å². The third-order valence-electron chi connectivity index (χ3n) is 5.25. The third-order valence-corrected chi connectivity index (χ3v) is 6.39. The molecule has 0 spiro atoms. The number of thiophene rings is 1. The molecule has 154 valence electrons. The monoisotopic (exact) mass is 434 g/mol. The molecule has 29 heavy (non-hydrogen) atoms. The highest BCUT2D eigenvalue weighted by Gasteiger charge is 2.28. The Morgan fingerprint density at radius 1 is 1.21 bits per heavy atom. The first-order valence-corrected chi connectivity index (χ1v) is 11.1. The molecule has 1 N–H and O–H groups in total. The van der Waals surface area contributed by atoms with Crippen LogP contribution in [0.15, 0.2) is 29.6 Å². The maximum Gasteiger partial charge on any atom is 0.263 e. The molecule has 0 atom stereocenters. The van der Waals surface area contributed by atoms with Crippen LogP contribution in [0.5, 0.6) is 11.5 Å². The molecule has 6 nitrogen and oxygen atoms in total. The highest BCUT2D eigenvalue weighted by molar-refractivity contribution is 7.12. The lowest BCUT2D eigenvalue weighted by Gasteiger charge is -2.31. The summed E-state index contributed by atoms with van der Waals surface area (Å²) in [5.74, 6) is 1.32. The van der Waals surface area contributed by atoms with Gasteiger partial charge >= 0.3 is 0 Å². The topological polar surface area (TPSA) is 67.9 Å². The minimum Gasteiger partial charge on any atom is -0.486 e. The molecule has 1 saturated heterocycles. The molecule has 2 aromatic rings. The summed E-state index contributed by atoms with van der Waals surface area (Å²) in [5, 5.41) is 5.46. The maximum atomic E-state index is 12.5. The second-order valence-corrected chi connectivity index (χ2v) is 8.54. The van der Waals surface area contributed by atoms with Crippen LogP contribution in [-0.4, -0.2) is 49.6 Å². The third kappa shape index (κ3) is 4.67. The molecule has 1 aromatic carbocycles. The van der Waals surface area contributed by atoms with Gasteiger partial charge < -0.3 is 19.7 Å². The normalized spacial score (nSPS) is 16.5. The summed E-state index contributed by atoms with van der Waals surface area (Å²) in [7, 11) is 0.